The van der Waals surface area contributed by atoms with Crippen LogP contribution in [0.25, 0.3) is 0 Å². The molecule has 0 radical (unpaired) electrons. The average molecular weight is 698 g/mol. The lowest BCUT2D eigenvalue weighted by Crippen LogP contribution is -2.42. The van der Waals surface area contributed by atoms with E-state index in [1.54, 1.807) is 0 Å². The highest BCUT2D eigenvalue weighted by atomic mass is 32.1. The molecule has 0 spiro atoms. The Morgan fingerprint density at radius 3 is 1.21 bits per heavy atom. The summed E-state index contributed by atoms with van der Waals surface area (Å²) in [7, 11) is 4.14. The van der Waals surface area contributed by atoms with E-state index in [2.05, 4.69) is 43.1 Å². The van der Waals surface area contributed by atoms with Gasteiger partial charge in [-0.3, -0.25) is 9.59 Å². The zero-order valence-corrected chi connectivity index (χ0v) is 33.1. The lowest BCUT2D eigenvalue weighted by molar-refractivity contribution is -0.144. The van der Waals surface area contributed by atoms with E-state index in [0.29, 0.717) is 44.3 Å². The van der Waals surface area contributed by atoms with Crippen molar-refractivity contribution in [2.24, 2.45) is 0 Å². The summed E-state index contributed by atoms with van der Waals surface area (Å²) in [6.45, 7) is 8.57. The molecule has 0 aliphatic carbocycles. The fourth-order valence-electron chi connectivity index (χ4n) is 5.91. The van der Waals surface area contributed by atoms with Crippen molar-refractivity contribution in [3.8, 4) is 0 Å². The van der Waals surface area contributed by atoms with E-state index >= 15 is 0 Å². The van der Waals surface area contributed by atoms with Crippen molar-refractivity contribution in [1.29, 1.82) is 0 Å². The first kappa shape index (κ1) is 46.6. The first-order valence-electron chi connectivity index (χ1n) is 20.4. The molecule has 0 aromatic heterocycles. The number of ether oxygens (including phenoxy) is 2. The van der Waals surface area contributed by atoms with Crippen LogP contribution in [0, 0.1) is 0 Å². The van der Waals surface area contributed by atoms with Gasteiger partial charge in [0, 0.05) is 32.5 Å². The quantitative estimate of drug-likeness (QED) is 0.0394. The molecule has 0 bridgehead atoms. The van der Waals surface area contributed by atoms with Crippen LogP contribution in [0.3, 0.4) is 0 Å². The molecule has 8 heteroatoms. The Morgan fingerprint density at radius 1 is 0.500 bits per heavy atom. The predicted octanol–water partition coefficient (Wildman–Crippen LogP) is 10.4. The van der Waals surface area contributed by atoms with Gasteiger partial charge in [0.15, 0.2) is 5.11 Å². The molecule has 1 N–H and O–H groups in total. The van der Waals surface area contributed by atoms with E-state index in [9.17, 15) is 9.59 Å². The number of thiocarbonyl (C=S) groups is 1. The van der Waals surface area contributed by atoms with Crippen molar-refractivity contribution in [1.82, 2.24) is 15.1 Å². The van der Waals surface area contributed by atoms with Crippen LogP contribution in [-0.4, -0.2) is 80.3 Å². The van der Waals surface area contributed by atoms with Crippen LogP contribution in [0.5, 0.6) is 0 Å². The fourth-order valence-corrected chi connectivity index (χ4v) is 6.20. The monoisotopic (exact) mass is 698 g/mol. The highest BCUT2D eigenvalue weighted by Crippen LogP contribution is 2.13. The zero-order valence-electron chi connectivity index (χ0n) is 32.3. The molecule has 0 aliphatic heterocycles. The van der Waals surface area contributed by atoms with Crippen LogP contribution in [0.15, 0.2) is 0 Å². The maximum atomic E-state index is 12.3. The van der Waals surface area contributed by atoms with Gasteiger partial charge in [-0.05, 0) is 65.0 Å². The molecule has 0 aromatic carbocycles. The standard InChI is InChI=1S/C40H79N3O4S/c1-5-7-9-11-13-15-17-19-21-23-25-30-38(44)46-36-28-34-43(40(48)41-32-27-33-42(3)4)35-29-37-47-39(45)31-26-24-22-20-18-16-14-12-10-8-6-2/h5-37H2,1-4H3,(H,41,48). The van der Waals surface area contributed by atoms with Gasteiger partial charge in [-0.25, -0.2) is 0 Å². The van der Waals surface area contributed by atoms with E-state index in [4.69, 9.17) is 21.7 Å². The number of carbonyl (C=O) groups excluding carboxylic acids is 2. The van der Waals surface area contributed by atoms with E-state index in [1.807, 2.05) is 0 Å². The molecule has 0 saturated heterocycles. The minimum atomic E-state index is -0.0911. The third-order valence-electron chi connectivity index (χ3n) is 8.99. The molecule has 0 rings (SSSR count). The normalized spacial score (nSPS) is 11.2. The van der Waals surface area contributed by atoms with E-state index in [-0.39, 0.29) is 11.9 Å². The number of esters is 2. The van der Waals surface area contributed by atoms with Crippen LogP contribution in [0.2, 0.25) is 0 Å². The molecule has 0 aliphatic rings. The second-order valence-electron chi connectivity index (χ2n) is 14.1. The highest BCUT2D eigenvalue weighted by molar-refractivity contribution is 7.80. The summed E-state index contributed by atoms with van der Waals surface area (Å²) in [4.78, 5) is 28.8. The molecule has 0 unspecified atom stereocenters. The van der Waals surface area contributed by atoms with Crippen molar-refractivity contribution in [3.63, 3.8) is 0 Å². The Kier molecular flexibility index (Phi) is 35.8. The Morgan fingerprint density at radius 2 is 0.854 bits per heavy atom. The van der Waals surface area contributed by atoms with Gasteiger partial charge in [0.25, 0.3) is 0 Å². The van der Waals surface area contributed by atoms with Crippen LogP contribution < -0.4 is 5.32 Å². The number of carbonyl (C=O) groups is 2. The molecule has 0 atom stereocenters. The number of rotatable bonds is 36. The van der Waals surface area contributed by atoms with Crippen LogP contribution in [0.4, 0.5) is 0 Å². The Balaban J connectivity index is 4.11. The number of hydrogen-bond acceptors (Lipinski definition) is 6. The second-order valence-corrected chi connectivity index (χ2v) is 14.5. The van der Waals surface area contributed by atoms with Gasteiger partial charge in [-0.1, -0.05) is 142 Å². The molecule has 0 amide bonds. The number of nitrogens with zero attached hydrogens (tertiary/aromatic N) is 2. The third-order valence-corrected chi connectivity index (χ3v) is 9.39. The third kappa shape index (κ3) is 34.5. The van der Waals surface area contributed by atoms with Crippen LogP contribution in [0.1, 0.15) is 187 Å². The highest BCUT2D eigenvalue weighted by Gasteiger charge is 2.11. The van der Waals surface area contributed by atoms with Gasteiger partial charge >= 0.3 is 11.9 Å². The summed E-state index contributed by atoms with van der Waals surface area (Å²) in [5.41, 5.74) is 0. The molecule has 0 aromatic rings. The van der Waals surface area contributed by atoms with Crippen molar-refractivity contribution < 1.29 is 19.1 Å². The number of hydrogen-bond donors (Lipinski definition) is 1. The summed E-state index contributed by atoms with van der Waals surface area (Å²) in [5, 5.41) is 4.10. The first-order valence-corrected chi connectivity index (χ1v) is 20.8. The lowest BCUT2D eigenvalue weighted by atomic mass is 10.1. The molecule has 284 valence electrons. The first-order chi connectivity index (χ1) is 23.4. The average Bonchev–Trinajstić information content (AvgIpc) is 3.07. The number of nitrogens with one attached hydrogen (secondary N) is 1. The molecule has 0 saturated carbocycles. The van der Waals surface area contributed by atoms with Crippen molar-refractivity contribution in [2.75, 3.05) is 53.5 Å². The van der Waals surface area contributed by atoms with Crippen molar-refractivity contribution in [3.05, 3.63) is 0 Å². The summed E-state index contributed by atoms with van der Waals surface area (Å²) in [6.07, 6.45) is 31.5. The van der Waals surface area contributed by atoms with Gasteiger partial charge < -0.3 is 24.6 Å². The summed E-state index contributed by atoms with van der Waals surface area (Å²) in [5.74, 6) is -0.182. The fraction of sp³-hybridized carbons (Fsp3) is 0.925. The topological polar surface area (TPSA) is 71.1 Å². The summed E-state index contributed by atoms with van der Waals surface area (Å²) in [6, 6.07) is 0. The number of unbranched alkanes of at least 4 members (excludes halogenated alkanes) is 20. The second kappa shape index (κ2) is 36.9. The summed E-state index contributed by atoms with van der Waals surface area (Å²) >= 11 is 5.71. The molecular formula is C40H79N3O4S. The SMILES string of the molecule is CCCCCCCCCCCCCC(=O)OCCCN(CCCOC(=O)CCCCCCCCCCCCC)C(=S)NCCCN(C)C. The van der Waals surface area contributed by atoms with Gasteiger partial charge in [-0.15, -0.1) is 0 Å². The maximum absolute atomic E-state index is 12.3. The lowest BCUT2D eigenvalue weighted by Gasteiger charge is -2.26. The van der Waals surface area contributed by atoms with E-state index in [1.165, 1.54) is 116 Å². The molecule has 0 heterocycles. The summed E-state index contributed by atoms with van der Waals surface area (Å²) < 4.78 is 11.1. The van der Waals surface area contributed by atoms with Gasteiger partial charge in [0.05, 0.1) is 13.2 Å². The molecule has 48 heavy (non-hydrogen) atoms. The van der Waals surface area contributed by atoms with Crippen molar-refractivity contribution >= 4 is 29.3 Å². The Bertz CT molecular complexity index is 691. The maximum Gasteiger partial charge on any atom is 0.305 e. The van der Waals surface area contributed by atoms with Gasteiger partial charge in [0.1, 0.15) is 0 Å². The van der Waals surface area contributed by atoms with E-state index < -0.39 is 0 Å². The van der Waals surface area contributed by atoms with Crippen molar-refractivity contribution in [2.45, 2.75) is 187 Å². The Hall–Kier alpha value is -1.41. The Labute approximate surface area is 303 Å². The molecule has 7 nitrogen and oxygen atoms in total. The van der Waals surface area contributed by atoms with Crippen LogP contribution in [-0.2, 0) is 19.1 Å². The minimum absolute atomic E-state index is 0.0911. The van der Waals surface area contributed by atoms with E-state index in [0.717, 1.165) is 58.0 Å². The van der Waals surface area contributed by atoms with Gasteiger partial charge in [0.2, 0.25) is 0 Å². The predicted molar refractivity (Wildman–Crippen MR) is 209 cm³/mol. The zero-order chi connectivity index (χ0) is 35.3. The largest absolute Gasteiger partial charge is 0.466 e. The molecular weight excluding hydrogens is 619 g/mol. The molecule has 0 fully saturated rings. The smallest absolute Gasteiger partial charge is 0.305 e. The van der Waals surface area contributed by atoms with Crippen LogP contribution >= 0.6 is 12.2 Å². The van der Waals surface area contributed by atoms with Gasteiger partial charge in [-0.2, -0.15) is 0 Å². The minimum Gasteiger partial charge on any atom is -0.466 e.